The molecule has 0 aromatic carbocycles. The molecule has 1 saturated heterocycles. The lowest BCUT2D eigenvalue weighted by Gasteiger charge is -2.36. The van der Waals surface area contributed by atoms with Gasteiger partial charge in [-0.25, -0.2) is 9.97 Å². The predicted molar refractivity (Wildman–Crippen MR) is 68.5 cm³/mol. The van der Waals surface area contributed by atoms with Gasteiger partial charge in [0, 0.05) is 25.5 Å². The maximum Gasteiger partial charge on any atom is 0.171 e. The van der Waals surface area contributed by atoms with E-state index in [-0.39, 0.29) is 0 Å². The third-order valence-electron chi connectivity index (χ3n) is 3.05. The molecular formula is C12H18ClN3O. The van der Waals surface area contributed by atoms with Crippen molar-refractivity contribution in [1.82, 2.24) is 9.97 Å². The van der Waals surface area contributed by atoms with Crippen LogP contribution in [0.3, 0.4) is 0 Å². The quantitative estimate of drug-likeness (QED) is 0.829. The molecule has 2 rings (SSSR count). The van der Waals surface area contributed by atoms with Crippen LogP contribution in [-0.4, -0.2) is 35.8 Å². The first-order valence-corrected chi connectivity index (χ1v) is 6.51. The summed E-state index contributed by atoms with van der Waals surface area (Å²) in [7, 11) is 0. The highest BCUT2D eigenvalue weighted by Crippen LogP contribution is 2.27. The number of piperidine rings is 1. The van der Waals surface area contributed by atoms with E-state index in [2.05, 4.69) is 14.9 Å². The summed E-state index contributed by atoms with van der Waals surface area (Å²) in [5.74, 6) is 0.790. The summed E-state index contributed by atoms with van der Waals surface area (Å²) in [6.07, 6.45) is 6.86. The maximum atomic E-state index is 6.10. The molecule has 0 N–H and O–H groups in total. The fourth-order valence-electron chi connectivity index (χ4n) is 2.21. The summed E-state index contributed by atoms with van der Waals surface area (Å²) in [6.45, 7) is 4.49. The molecule has 0 amide bonds. The van der Waals surface area contributed by atoms with Gasteiger partial charge in [0.1, 0.15) is 0 Å². The fourth-order valence-corrected chi connectivity index (χ4v) is 2.43. The second kappa shape index (κ2) is 6.17. The SMILES string of the molecule is CCOCC1CCCCN1c1nccnc1Cl. The third kappa shape index (κ3) is 3.07. The average molecular weight is 256 g/mol. The van der Waals surface area contributed by atoms with Gasteiger partial charge in [0.25, 0.3) is 0 Å². The summed E-state index contributed by atoms with van der Waals surface area (Å²) in [5.41, 5.74) is 0. The molecule has 5 heteroatoms. The van der Waals surface area contributed by atoms with E-state index in [1.54, 1.807) is 12.4 Å². The largest absolute Gasteiger partial charge is 0.380 e. The third-order valence-corrected chi connectivity index (χ3v) is 3.32. The van der Waals surface area contributed by atoms with Crippen molar-refractivity contribution in [2.75, 3.05) is 24.7 Å². The Hall–Kier alpha value is -0.870. The first-order chi connectivity index (χ1) is 8.33. The summed E-state index contributed by atoms with van der Waals surface area (Å²) in [4.78, 5) is 10.7. The van der Waals surface area contributed by atoms with E-state index in [4.69, 9.17) is 16.3 Å². The van der Waals surface area contributed by atoms with Crippen molar-refractivity contribution in [1.29, 1.82) is 0 Å². The van der Waals surface area contributed by atoms with Gasteiger partial charge in [-0.3, -0.25) is 0 Å². The Bertz CT molecular complexity index is 361. The minimum atomic E-state index is 0.373. The number of anilines is 1. The van der Waals surface area contributed by atoms with E-state index in [0.29, 0.717) is 11.2 Å². The highest BCUT2D eigenvalue weighted by molar-refractivity contribution is 6.31. The minimum absolute atomic E-state index is 0.373. The topological polar surface area (TPSA) is 38.2 Å². The zero-order valence-corrected chi connectivity index (χ0v) is 10.9. The van der Waals surface area contributed by atoms with E-state index in [1.165, 1.54) is 12.8 Å². The number of hydrogen-bond acceptors (Lipinski definition) is 4. The van der Waals surface area contributed by atoms with Gasteiger partial charge < -0.3 is 9.64 Å². The Morgan fingerprint density at radius 3 is 3.00 bits per heavy atom. The van der Waals surface area contributed by atoms with Gasteiger partial charge in [-0.1, -0.05) is 11.6 Å². The standard InChI is InChI=1S/C12H18ClN3O/c1-2-17-9-10-5-3-4-8-16(10)12-11(13)14-6-7-15-12/h6-7,10H,2-5,8-9H2,1H3. The van der Waals surface area contributed by atoms with Crippen molar-refractivity contribution in [3.63, 3.8) is 0 Å². The summed E-state index contributed by atoms with van der Waals surface area (Å²) in [6, 6.07) is 0.373. The zero-order valence-electron chi connectivity index (χ0n) is 10.1. The Labute approximate surface area is 107 Å². The summed E-state index contributed by atoms with van der Waals surface area (Å²) < 4.78 is 5.53. The van der Waals surface area contributed by atoms with Crippen molar-refractivity contribution in [2.45, 2.75) is 32.2 Å². The number of aromatic nitrogens is 2. The van der Waals surface area contributed by atoms with Gasteiger partial charge in [0.05, 0.1) is 12.6 Å². The molecular weight excluding hydrogens is 238 g/mol. The smallest absolute Gasteiger partial charge is 0.171 e. The van der Waals surface area contributed by atoms with Crippen LogP contribution in [0.5, 0.6) is 0 Å². The number of hydrogen-bond donors (Lipinski definition) is 0. The summed E-state index contributed by atoms with van der Waals surface area (Å²) >= 11 is 6.10. The molecule has 0 bridgehead atoms. The Kier molecular flexibility index (Phi) is 4.57. The van der Waals surface area contributed by atoms with Gasteiger partial charge in [-0.2, -0.15) is 0 Å². The summed E-state index contributed by atoms with van der Waals surface area (Å²) in [5, 5.41) is 0.482. The van der Waals surface area contributed by atoms with Gasteiger partial charge in [-0.15, -0.1) is 0 Å². The van der Waals surface area contributed by atoms with Crippen LogP contribution < -0.4 is 4.90 Å². The van der Waals surface area contributed by atoms with Gasteiger partial charge >= 0.3 is 0 Å². The van der Waals surface area contributed by atoms with Crippen LogP contribution in [0.2, 0.25) is 5.15 Å². The Balaban J connectivity index is 2.13. The zero-order chi connectivity index (χ0) is 12.1. The highest BCUT2D eigenvalue weighted by atomic mass is 35.5. The normalized spacial score (nSPS) is 20.6. The number of rotatable bonds is 4. The number of nitrogens with zero attached hydrogens (tertiary/aromatic N) is 3. The molecule has 94 valence electrons. The van der Waals surface area contributed by atoms with Gasteiger partial charge in [0.2, 0.25) is 0 Å². The van der Waals surface area contributed by atoms with Crippen molar-refractivity contribution < 1.29 is 4.74 Å². The molecule has 1 fully saturated rings. The van der Waals surface area contributed by atoms with Crippen LogP contribution in [0.1, 0.15) is 26.2 Å². The number of halogens is 1. The monoisotopic (exact) mass is 255 g/mol. The second-order valence-electron chi connectivity index (χ2n) is 4.17. The molecule has 1 aromatic heterocycles. The molecule has 0 spiro atoms. The fraction of sp³-hybridized carbons (Fsp3) is 0.667. The molecule has 0 aliphatic carbocycles. The van der Waals surface area contributed by atoms with E-state index in [1.807, 2.05) is 6.92 Å². The van der Waals surface area contributed by atoms with Crippen molar-refractivity contribution >= 4 is 17.4 Å². The van der Waals surface area contributed by atoms with Crippen molar-refractivity contribution in [2.24, 2.45) is 0 Å². The molecule has 2 heterocycles. The van der Waals surface area contributed by atoms with Crippen molar-refractivity contribution in [3.8, 4) is 0 Å². The Morgan fingerprint density at radius 1 is 1.41 bits per heavy atom. The first kappa shape index (κ1) is 12.6. The molecule has 0 saturated carbocycles. The number of ether oxygens (including phenoxy) is 1. The van der Waals surface area contributed by atoms with E-state index in [0.717, 1.165) is 32.0 Å². The highest BCUT2D eigenvalue weighted by Gasteiger charge is 2.25. The molecule has 1 atom stereocenters. The maximum absolute atomic E-state index is 6.10. The van der Waals surface area contributed by atoms with Gasteiger partial charge in [-0.05, 0) is 26.2 Å². The van der Waals surface area contributed by atoms with Crippen LogP contribution in [0.25, 0.3) is 0 Å². The molecule has 4 nitrogen and oxygen atoms in total. The van der Waals surface area contributed by atoms with E-state index >= 15 is 0 Å². The Morgan fingerprint density at radius 2 is 2.24 bits per heavy atom. The molecule has 1 unspecified atom stereocenters. The van der Waals surface area contributed by atoms with E-state index < -0.39 is 0 Å². The van der Waals surface area contributed by atoms with Crippen molar-refractivity contribution in [3.05, 3.63) is 17.5 Å². The predicted octanol–water partition coefficient (Wildman–Crippen LogP) is 2.53. The lowest BCUT2D eigenvalue weighted by molar-refractivity contribution is 0.123. The van der Waals surface area contributed by atoms with Crippen LogP contribution in [0.4, 0.5) is 5.82 Å². The molecule has 17 heavy (non-hydrogen) atoms. The van der Waals surface area contributed by atoms with Gasteiger partial charge in [0.15, 0.2) is 11.0 Å². The molecule has 0 radical (unpaired) electrons. The van der Waals surface area contributed by atoms with Crippen LogP contribution in [0, 0.1) is 0 Å². The second-order valence-corrected chi connectivity index (χ2v) is 4.53. The molecule has 1 aliphatic rings. The minimum Gasteiger partial charge on any atom is -0.380 e. The molecule has 1 aliphatic heterocycles. The first-order valence-electron chi connectivity index (χ1n) is 6.13. The van der Waals surface area contributed by atoms with Crippen LogP contribution >= 0.6 is 11.6 Å². The van der Waals surface area contributed by atoms with E-state index in [9.17, 15) is 0 Å². The average Bonchev–Trinajstić information content (AvgIpc) is 2.37. The van der Waals surface area contributed by atoms with Crippen LogP contribution in [0.15, 0.2) is 12.4 Å². The lowest BCUT2D eigenvalue weighted by atomic mass is 10.0. The molecule has 1 aromatic rings. The lowest BCUT2D eigenvalue weighted by Crippen LogP contribution is -2.43. The van der Waals surface area contributed by atoms with Crippen LogP contribution in [-0.2, 0) is 4.74 Å².